The van der Waals surface area contributed by atoms with Gasteiger partial charge in [-0.1, -0.05) is 132 Å². The molecule has 0 fully saturated rings. The zero-order valence-electron chi connectivity index (χ0n) is 43.2. The molecule has 10 rings (SSSR count). The highest BCUT2D eigenvalue weighted by Crippen LogP contribution is 2.68. The Morgan fingerprint density at radius 3 is 1.04 bits per heavy atom. The molecule has 16 nitrogen and oxygen atoms in total. The molecule has 80 heavy (non-hydrogen) atoms. The minimum Gasteiger partial charge on any atom is -0.430 e. The van der Waals surface area contributed by atoms with Gasteiger partial charge in [0, 0.05) is 44.4 Å². The van der Waals surface area contributed by atoms with Crippen LogP contribution in [0.15, 0.2) is 243 Å². The van der Waals surface area contributed by atoms with Crippen LogP contribution in [-0.2, 0) is 26.2 Å². The molecule has 2 atom stereocenters. The zero-order chi connectivity index (χ0) is 54.9. The van der Waals surface area contributed by atoms with E-state index in [1.54, 1.807) is 22.4 Å². The first-order chi connectivity index (χ1) is 39.2. The van der Waals surface area contributed by atoms with Gasteiger partial charge in [0.25, 0.3) is 0 Å². The molecule has 0 bridgehead atoms. The topological polar surface area (TPSA) is 209 Å². The van der Waals surface area contributed by atoms with Gasteiger partial charge in [-0.2, -0.15) is 0 Å². The average Bonchev–Trinajstić information content (AvgIpc) is 4.20. The maximum Gasteiger partial charge on any atom is 0.372 e. The highest BCUT2D eigenvalue weighted by atomic mass is 33.5. The van der Waals surface area contributed by atoms with Crippen molar-refractivity contribution in [3.05, 3.63) is 277 Å². The van der Waals surface area contributed by atoms with Gasteiger partial charge in [-0.05, 0) is 130 Å². The molecular weight excluding hydrogens is 1080 g/mol. The number of nitrogens with zero attached hydrogens (tertiary/aromatic N) is 8. The molecular formula is C60H56N12O4P2S2. The van der Waals surface area contributed by atoms with Crippen LogP contribution in [0.1, 0.15) is 33.4 Å². The van der Waals surface area contributed by atoms with Gasteiger partial charge in [-0.15, -0.1) is 10.2 Å². The van der Waals surface area contributed by atoms with Gasteiger partial charge in [0.1, 0.15) is 34.4 Å². The van der Waals surface area contributed by atoms with Crippen molar-refractivity contribution in [2.24, 2.45) is 23.2 Å². The standard InChI is InChI=1S/C60H56N12O4P2S2/c61-57(41-69(63)37-45-13-5-1-6-14-45)49-21-29-53(30-22-49)73-77(75-55-33-25-51(26-34-55)59-43-71(67-65-59)39-47-17-9-3-10-18-47)79-80-78(74-54-31-23-50(24-32-54)58(62)42-70(64)38-46-15-7-2-8-16-46)76-56-35-27-52(28-36-56)60-44-72(68-66-60)40-48-19-11-4-12-20-48/h1-36,41-44H,37-40,61-64H2/b57-41-,58-42-. The lowest BCUT2D eigenvalue weighted by atomic mass is 10.1. The quantitative estimate of drug-likeness (QED) is 0.0182. The fraction of sp³-hybridized carbons (Fsp3) is 0.0667. The summed E-state index contributed by atoms with van der Waals surface area (Å²) in [6.45, 7) is 2.21. The molecule has 8 N–H and O–H groups in total. The van der Waals surface area contributed by atoms with E-state index in [-0.39, 0.29) is 0 Å². The van der Waals surface area contributed by atoms with E-state index in [0.717, 1.165) is 55.9 Å². The maximum absolute atomic E-state index is 6.68. The van der Waals surface area contributed by atoms with Crippen LogP contribution in [0.3, 0.4) is 0 Å². The predicted molar refractivity (Wildman–Crippen MR) is 323 cm³/mol. The third-order valence-electron chi connectivity index (χ3n) is 12.0. The molecule has 0 radical (unpaired) electrons. The number of benzene rings is 8. The Hall–Kier alpha value is -8.60. The average molecular weight is 1140 g/mol. The first-order valence-electron chi connectivity index (χ1n) is 25.2. The van der Waals surface area contributed by atoms with Gasteiger partial charge in [0.2, 0.25) is 0 Å². The highest BCUT2D eigenvalue weighted by Gasteiger charge is 2.26. The summed E-state index contributed by atoms with van der Waals surface area (Å²) in [7, 11) is -0.818. The predicted octanol–water partition coefficient (Wildman–Crippen LogP) is 13.0. The van der Waals surface area contributed by atoms with E-state index in [4.69, 9.17) is 41.2 Å². The fourth-order valence-electron chi connectivity index (χ4n) is 8.03. The van der Waals surface area contributed by atoms with Crippen LogP contribution < -0.4 is 41.2 Å². The van der Waals surface area contributed by atoms with Crippen molar-refractivity contribution < 1.29 is 18.1 Å². The summed E-state index contributed by atoms with van der Waals surface area (Å²) >= 11 is 0. The third-order valence-corrected chi connectivity index (χ3v) is 20.2. The van der Waals surface area contributed by atoms with Crippen molar-refractivity contribution in [3.8, 4) is 45.5 Å². The molecule has 2 unspecified atom stereocenters. The largest absolute Gasteiger partial charge is 0.430 e. The van der Waals surface area contributed by atoms with Crippen molar-refractivity contribution in [3.63, 3.8) is 0 Å². The monoisotopic (exact) mass is 1130 g/mol. The number of aromatic nitrogens is 6. The summed E-state index contributed by atoms with van der Waals surface area (Å²) in [5.41, 5.74) is 23.3. The number of nitrogens with two attached hydrogens (primary N) is 4. The Labute approximate surface area is 474 Å². The molecule has 0 aliphatic carbocycles. The van der Waals surface area contributed by atoms with Crippen LogP contribution >= 0.6 is 36.0 Å². The van der Waals surface area contributed by atoms with Crippen LogP contribution in [0.25, 0.3) is 33.9 Å². The highest BCUT2D eigenvalue weighted by molar-refractivity contribution is 9.11. The molecule has 2 aromatic heterocycles. The van der Waals surface area contributed by atoms with E-state index in [1.165, 1.54) is 20.8 Å². The summed E-state index contributed by atoms with van der Waals surface area (Å²) in [5, 5.41) is 20.8. The van der Waals surface area contributed by atoms with Crippen molar-refractivity contribution in [1.82, 2.24) is 40.0 Å². The molecule has 0 saturated carbocycles. The Morgan fingerprint density at radius 1 is 0.412 bits per heavy atom. The van der Waals surface area contributed by atoms with E-state index in [9.17, 15) is 0 Å². The molecule has 402 valence electrons. The van der Waals surface area contributed by atoms with E-state index >= 15 is 0 Å². The first kappa shape index (κ1) is 54.7. The summed E-state index contributed by atoms with van der Waals surface area (Å²) in [4.78, 5) is 0. The van der Waals surface area contributed by atoms with Crippen LogP contribution in [0, 0.1) is 0 Å². The Morgan fingerprint density at radius 2 is 0.713 bits per heavy atom. The number of rotatable bonds is 25. The van der Waals surface area contributed by atoms with E-state index in [2.05, 4.69) is 44.9 Å². The van der Waals surface area contributed by atoms with Gasteiger partial charge in [-0.3, -0.25) is 0 Å². The maximum atomic E-state index is 6.68. The van der Waals surface area contributed by atoms with Crippen molar-refractivity contribution in [1.29, 1.82) is 0 Å². The molecule has 0 aliphatic rings. The van der Waals surface area contributed by atoms with Crippen LogP contribution in [0.2, 0.25) is 0 Å². The second-order valence-electron chi connectivity index (χ2n) is 18.1. The van der Waals surface area contributed by atoms with Crippen LogP contribution in [0.5, 0.6) is 23.0 Å². The lowest BCUT2D eigenvalue weighted by molar-refractivity contribution is 0.388. The molecule has 2 heterocycles. The Balaban J connectivity index is 0.876. The lowest BCUT2D eigenvalue weighted by Gasteiger charge is -2.21. The van der Waals surface area contributed by atoms with Crippen LogP contribution in [0.4, 0.5) is 0 Å². The summed E-state index contributed by atoms with van der Waals surface area (Å²) in [5.74, 6) is 15.0. The minimum atomic E-state index is -1.77. The number of hydrogen-bond acceptors (Lipinski definition) is 16. The van der Waals surface area contributed by atoms with Crippen LogP contribution in [-0.4, -0.2) is 40.0 Å². The van der Waals surface area contributed by atoms with Crippen molar-refractivity contribution >= 4 is 47.4 Å². The molecule has 0 saturated heterocycles. The van der Waals surface area contributed by atoms with E-state index in [1.807, 2.05) is 216 Å². The second-order valence-corrected chi connectivity index (χ2v) is 25.4. The molecule has 0 aliphatic heterocycles. The lowest BCUT2D eigenvalue weighted by Crippen LogP contribution is -2.25. The Bertz CT molecular complexity index is 3330. The van der Waals surface area contributed by atoms with Crippen molar-refractivity contribution in [2.45, 2.75) is 26.2 Å². The minimum absolute atomic E-state index is 0.496. The zero-order valence-corrected chi connectivity index (χ0v) is 46.6. The molecule has 8 aromatic carbocycles. The molecule has 0 spiro atoms. The molecule has 10 aromatic rings. The normalized spacial score (nSPS) is 12.3. The smallest absolute Gasteiger partial charge is 0.372 e. The molecule has 0 amide bonds. The van der Waals surface area contributed by atoms with Gasteiger partial charge in [0.05, 0.1) is 50.0 Å². The SMILES string of the molecule is N/C(=C\N(N)Cc1ccccc1)c1ccc(OP(Oc2ccc(-c3cn(Cc4ccccc4)nn3)cc2)SSP(Oc2ccc(/C(N)=C/N(N)Cc3ccccc3)cc2)Oc2ccc(-c3cn(Cc4ccccc4)nn3)cc2)cc1. The first-order valence-corrected chi connectivity index (χ1v) is 30.9. The van der Waals surface area contributed by atoms with Gasteiger partial charge in [0.15, 0.2) is 0 Å². The van der Waals surface area contributed by atoms with E-state index in [0.29, 0.717) is 60.6 Å². The van der Waals surface area contributed by atoms with Gasteiger partial charge in [-0.25, -0.2) is 21.0 Å². The summed E-state index contributed by atoms with van der Waals surface area (Å²) in [6.07, 6.45) is 7.29. The summed E-state index contributed by atoms with van der Waals surface area (Å²) in [6, 6.07) is 70.5. The van der Waals surface area contributed by atoms with Crippen molar-refractivity contribution in [2.75, 3.05) is 0 Å². The summed E-state index contributed by atoms with van der Waals surface area (Å²) < 4.78 is 30.3. The third kappa shape index (κ3) is 16.0. The molecule has 20 heteroatoms. The second kappa shape index (κ2) is 27.3. The van der Waals surface area contributed by atoms with E-state index < -0.39 is 15.2 Å². The number of hydrogen-bond donors (Lipinski definition) is 4. The fourth-order valence-corrected chi connectivity index (χ4v) is 16.2. The Kier molecular flexibility index (Phi) is 18.7. The van der Waals surface area contributed by atoms with Gasteiger partial charge < -0.3 is 39.6 Å². The van der Waals surface area contributed by atoms with Gasteiger partial charge >= 0.3 is 15.2 Å². The number of hydrazine groups is 2.